The number of anilines is 3. The maximum absolute atomic E-state index is 13.3. The molecule has 2 bridgehead atoms. The maximum Gasteiger partial charge on any atom is 0.416 e. The number of nitrogens with zero attached hydrogens (tertiary/aromatic N) is 4. The number of aliphatic hydroxyl groups is 1. The lowest BCUT2D eigenvalue weighted by Crippen LogP contribution is -2.51. The van der Waals surface area contributed by atoms with Crippen LogP contribution in [0.3, 0.4) is 0 Å². The number of fused-ring (bicyclic) bond motifs is 4. The van der Waals surface area contributed by atoms with Crippen LogP contribution in [-0.4, -0.2) is 46.3 Å². The zero-order valence-corrected chi connectivity index (χ0v) is 17.5. The van der Waals surface area contributed by atoms with Gasteiger partial charge in [-0.05, 0) is 42.8 Å². The van der Waals surface area contributed by atoms with Crippen molar-refractivity contribution in [3.8, 4) is 11.3 Å². The van der Waals surface area contributed by atoms with E-state index in [1.807, 2.05) is 11.8 Å². The Morgan fingerprint density at radius 1 is 1.15 bits per heavy atom. The number of carbonyl (C=O) groups excluding carboxylic acids is 1. The summed E-state index contributed by atoms with van der Waals surface area (Å²) in [7, 11) is 0. The Morgan fingerprint density at radius 3 is 2.73 bits per heavy atom. The van der Waals surface area contributed by atoms with E-state index in [0.717, 1.165) is 17.7 Å². The highest BCUT2D eigenvalue weighted by Gasteiger charge is 2.45. The molecule has 33 heavy (non-hydrogen) atoms. The molecule has 0 aliphatic carbocycles. The molecule has 1 fully saturated rings. The molecule has 2 N–H and O–H groups in total. The van der Waals surface area contributed by atoms with Crippen LogP contribution in [0.25, 0.3) is 11.3 Å². The Hall–Kier alpha value is -3.66. The van der Waals surface area contributed by atoms with Crippen LogP contribution in [0.4, 0.5) is 35.2 Å². The van der Waals surface area contributed by atoms with E-state index in [2.05, 4.69) is 15.3 Å². The number of aromatic nitrogens is 2. The minimum atomic E-state index is -4.48. The van der Waals surface area contributed by atoms with E-state index < -0.39 is 29.9 Å². The molecule has 10 heteroatoms. The Labute approximate surface area is 187 Å². The van der Waals surface area contributed by atoms with Gasteiger partial charge in [0.25, 0.3) is 0 Å². The number of urea groups is 1. The third-order valence-corrected chi connectivity index (χ3v) is 5.84. The zero-order chi connectivity index (χ0) is 23.3. The quantitative estimate of drug-likeness (QED) is 0.609. The molecule has 0 saturated carbocycles. The molecule has 3 aromatic rings. The second-order valence-corrected chi connectivity index (χ2v) is 8.21. The average Bonchev–Trinajstić information content (AvgIpc) is 3.09. The first-order valence-corrected chi connectivity index (χ1v) is 10.3. The Morgan fingerprint density at radius 2 is 1.97 bits per heavy atom. The standard InChI is InChI=1S/C23H20F3N5O2/c1-13-7-16(10-27-9-13)28-22(33)31-19-11-30(12-20(19)32)18-6-5-17(29-21(18)31)14-3-2-4-15(8-14)23(24,25)26/h2-10,19-20,32H,11-12H2,1H3,(H,28,33)/t19-,20-/m1/s1. The van der Waals surface area contributed by atoms with Gasteiger partial charge >= 0.3 is 12.2 Å². The third-order valence-electron chi connectivity index (χ3n) is 5.84. The van der Waals surface area contributed by atoms with Crippen LogP contribution in [0.2, 0.25) is 0 Å². The summed E-state index contributed by atoms with van der Waals surface area (Å²) in [6.07, 6.45) is -2.10. The van der Waals surface area contributed by atoms with Gasteiger partial charge in [0.15, 0.2) is 5.82 Å². The molecule has 2 aromatic heterocycles. The smallest absolute Gasteiger partial charge is 0.389 e. The molecule has 2 aliphatic heterocycles. The highest BCUT2D eigenvalue weighted by atomic mass is 19.4. The Bertz CT molecular complexity index is 1230. The van der Waals surface area contributed by atoms with Crippen molar-refractivity contribution in [1.82, 2.24) is 9.97 Å². The van der Waals surface area contributed by atoms with E-state index in [1.165, 1.54) is 17.2 Å². The Balaban J connectivity index is 1.55. The van der Waals surface area contributed by atoms with Crippen molar-refractivity contribution in [2.45, 2.75) is 25.2 Å². The largest absolute Gasteiger partial charge is 0.416 e. The molecule has 1 aromatic carbocycles. The van der Waals surface area contributed by atoms with Crippen molar-refractivity contribution < 1.29 is 23.1 Å². The van der Waals surface area contributed by atoms with Crippen molar-refractivity contribution in [1.29, 1.82) is 0 Å². The van der Waals surface area contributed by atoms with Gasteiger partial charge in [-0.15, -0.1) is 0 Å². The van der Waals surface area contributed by atoms with E-state index in [4.69, 9.17) is 0 Å². The number of carbonyl (C=O) groups is 1. The molecule has 5 rings (SSSR count). The summed E-state index contributed by atoms with van der Waals surface area (Å²) in [4.78, 5) is 25.2. The number of benzene rings is 1. The van der Waals surface area contributed by atoms with Gasteiger partial charge in [-0.25, -0.2) is 9.78 Å². The van der Waals surface area contributed by atoms with Crippen LogP contribution in [0.15, 0.2) is 54.9 Å². The van der Waals surface area contributed by atoms with Crippen LogP contribution in [-0.2, 0) is 6.18 Å². The lowest BCUT2D eigenvalue weighted by Gasteiger charge is -2.36. The van der Waals surface area contributed by atoms with Crippen molar-refractivity contribution >= 4 is 23.2 Å². The van der Waals surface area contributed by atoms with Gasteiger partial charge in [-0.3, -0.25) is 9.88 Å². The summed E-state index contributed by atoms with van der Waals surface area (Å²) in [6, 6.07) is 8.97. The first-order valence-electron chi connectivity index (χ1n) is 10.3. The number of pyridine rings is 2. The molecule has 0 unspecified atom stereocenters. The number of rotatable bonds is 2. The van der Waals surface area contributed by atoms with Crippen molar-refractivity contribution in [3.63, 3.8) is 0 Å². The number of aliphatic hydroxyl groups excluding tert-OH is 1. The number of amides is 2. The maximum atomic E-state index is 13.3. The average molecular weight is 455 g/mol. The SMILES string of the molecule is Cc1cncc(NC(=O)N2c3nc(-c4cccc(C(F)(F)F)c4)ccc3N3C[C@@H](O)[C@H]2C3)c1. The highest BCUT2D eigenvalue weighted by molar-refractivity contribution is 6.05. The molecular formula is C23H20F3N5O2. The Kier molecular flexibility index (Phi) is 4.97. The molecule has 2 atom stereocenters. The fourth-order valence-corrected chi connectivity index (χ4v) is 4.31. The van der Waals surface area contributed by atoms with E-state index in [0.29, 0.717) is 30.2 Å². The van der Waals surface area contributed by atoms with Crippen molar-refractivity contribution in [2.24, 2.45) is 0 Å². The van der Waals surface area contributed by atoms with Crippen LogP contribution in [0, 0.1) is 6.92 Å². The van der Waals surface area contributed by atoms with Gasteiger partial charge in [0, 0.05) is 24.8 Å². The van der Waals surface area contributed by atoms with Gasteiger partial charge in [0.1, 0.15) is 0 Å². The summed E-state index contributed by atoms with van der Waals surface area (Å²) in [5.74, 6) is 0.288. The van der Waals surface area contributed by atoms with Crippen LogP contribution >= 0.6 is 0 Å². The third kappa shape index (κ3) is 3.86. The van der Waals surface area contributed by atoms with Gasteiger partial charge in [-0.2, -0.15) is 13.2 Å². The summed E-state index contributed by atoms with van der Waals surface area (Å²) in [5, 5.41) is 13.4. The summed E-state index contributed by atoms with van der Waals surface area (Å²) >= 11 is 0. The number of nitrogens with one attached hydrogen (secondary N) is 1. The van der Waals surface area contributed by atoms with Gasteiger partial charge in [-0.1, -0.05) is 12.1 Å². The summed E-state index contributed by atoms with van der Waals surface area (Å²) in [5.41, 5.74) is 1.79. The van der Waals surface area contributed by atoms with Crippen LogP contribution < -0.4 is 15.1 Å². The normalized spacial score (nSPS) is 19.4. The molecule has 2 amide bonds. The number of hydrogen-bond donors (Lipinski definition) is 2. The number of halogens is 3. The molecule has 1 saturated heterocycles. The first-order chi connectivity index (χ1) is 15.7. The summed E-state index contributed by atoms with van der Waals surface area (Å²) < 4.78 is 39.6. The van der Waals surface area contributed by atoms with E-state index in [-0.39, 0.29) is 11.4 Å². The second-order valence-electron chi connectivity index (χ2n) is 8.21. The number of hydrogen-bond acceptors (Lipinski definition) is 5. The van der Waals surface area contributed by atoms with Gasteiger partial charge in [0.2, 0.25) is 0 Å². The van der Waals surface area contributed by atoms with E-state index >= 15 is 0 Å². The summed E-state index contributed by atoms with van der Waals surface area (Å²) in [6.45, 7) is 2.61. The molecule has 0 radical (unpaired) electrons. The predicted octanol–water partition coefficient (Wildman–Crippen LogP) is 4.07. The molecule has 2 aliphatic rings. The molecule has 0 spiro atoms. The lowest BCUT2D eigenvalue weighted by atomic mass is 10.1. The second kappa shape index (κ2) is 7.73. The fraction of sp³-hybridized carbons (Fsp3) is 0.261. The van der Waals surface area contributed by atoms with Crippen molar-refractivity contribution in [3.05, 3.63) is 66.0 Å². The van der Waals surface area contributed by atoms with E-state index in [9.17, 15) is 23.1 Å². The highest BCUT2D eigenvalue weighted by Crippen LogP contribution is 2.41. The fourth-order valence-electron chi connectivity index (χ4n) is 4.31. The topological polar surface area (TPSA) is 81.6 Å². The number of aryl methyl sites for hydroxylation is 1. The van der Waals surface area contributed by atoms with Crippen LogP contribution in [0.5, 0.6) is 0 Å². The van der Waals surface area contributed by atoms with Crippen LogP contribution in [0.1, 0.15) is 11.1 Å². The van der Waals surface area contributed by atoms with Gasteiger partial charge < -0.3 is 15.3 Å². The molecular weight excluding hydrogens is 435 g/mol. The van der Waals surface area contributed by atoms with Gasteiger partial charge in [0.05, 0.1) is 41.0 Å². The minimum Gasteiger partial charge on any atom is -0.389 e. The van der Waals surface area contributed by atoms with E-state index in [1.54, 1.807) is 30.5 Å². The predicted molar refractivity (Wildman–Crippen MR) is 117 cm³/mol. The molecule has 4 heterocycles. The molecule has 7 nitrogen and oxygen atoms in total. The zero-order valence-electron chi connectivity index (χ0n) is 17.5. The number of alkyl halides is 3. The van der Waals surface area contributed by atoms with Crippen molar-refractivity contribution in [2.75, 3.05) is 28.2 Å². The monoisotopic (exact) mass is 455 g/mol. The first kappa shape index (κ1) is 21.2. The molecule has 170 valence electrons. The lowest BCUT2D eigenvalue weighted by molar-refractivity contribution is -0.137. The minimum absolute atomic E-state index is 0.282.